The van der Waals surface area contributed by atoms with Crippen LogP contribution in [-0.2, 0) is 4.74 Å². The number of hydrogen-bond donors (Lipinski definition) is 2. The van der Waals surface area contributed by atoms with E-state index >= 15 is 0 Å². The lowest BCUT2D eigenvalue weighted by Gasteiger charge is -2.16. The van der Waals surface area contributed by atoms with E-state index in [0.717, 1.165) is 10.7 Å². The minimum absolute atomic E-state index is 0.156. The molecular formula is C12H22N2O2S. The van der Waals surface area contributed by atoms with Gasteiger partial charge in [0.25, 0.3) is 0 Å². The average Bonchev–Trinajstić information content (AvgIpc) is 2.70. The molecular weight excluding hydrogens is 236 g/mol. The monoisotopic (exact) mass is 258 g/mol. The highest BCUT2D eigenvalue weighted by molar-refractivity contribution is 7.09. The number of aryl methyl sites for hydroxylation is 1. The molecule has 1 rings (SSSR count). The third kappa shape index (κ3) is 5.59. The first-order valence-corrected chi connectivity index (χ1v) is 6.82. The SMILES string of the molecule is Cc1csc(C(C)NCC(O)COC(C)C)n1. The van der Waals surface area contributed by atoms with Crippen molar-refractivity contribution in [2.24, 2.45) is 0 Å². The van der Waals surface area contributed by atoms with Crippen molar-refractivity contribution >= 4 is 11.3 Å². The molecule has 0 fully saturated rings. The molecule has 2 N–H and O–H groups in total. The standard InChI is InChI=1S/C12H22N2O2S/c1-8(2)16-6-11(15)5-13-10(4)12-14-9(3)7-17-12/h7-8,10-11,13,15H,5-6H2,1-4H3. The molecule has 0 aliphatic rings. The van der Waals surface area contributed by atoms with Gasteiger partial charge in [-0.25, -0.2) is 4.98 Å². The van der Waals surface area contributed by atoms with Crippen molar-refractivity contribution in [2.75, 3.05) is 13.2 Å². The lowest BCUT2D eigenvalue weighted by molar-refractivity contribution is 0.00560. The zero-order chi connectivity index (χ0) is 12.8. The molecule has 1 aromatic rings. The van der Waals surface area contributed by atoms with Crippen molar-refractivity contribution in [3.8, 4) is 0 Å². The minimum Gasteiger partial charge on any atom is -0.389 e. The van der Waals surface area contributed by atoms with E-state index in [-0.39, 0.29) is 12.1 Å². The fourth-order valence-electron chi connectivity index (χ4n) is 1.33. The molecule has 2 unspecified atom stereocenters. The second-order valence-corrected chi connectivity index (χ2v) is 5.38. The molecule has 1 aromatic heterocycles. The first-order chi connectivity index (χ1) is 7.99. The fourth-order valence-corrected chi connectivity index (χ4v) is 2.16. The molecule has 0 spiro atoms. The Morgan fingerprint density at radius 3 is 2.71 bits per heavy atom. The van der Waals surface area contributed by atoms with E-state index in [1.165, 1.54) is 0 Å². The molecule has 0 saturated heterocycles. The van der Waals surface area contributed by atoms with Gasteiger partial charge in [0.15, 0.2) is 0 Å². The Labute approximate surface area is 107 Å². The molecule has 0 amide bonds. The summed E-state index contributed by atoms with van der Waals surface area (Å²) in [4.78, 5) is 4.41. The van der Waals surface area contributed by atoms with Crippen LogP contribution in [0.1, 0.15) is 37.5 Å². The van der Waals surface area contributed by atoms with Crippen molar-refractivity contribution in [1.29, 1.82) is 0 Å². The molecule has 0 radical (unpaired) electrons. The maximum Gasteiger partial charge on any atom is 0.110 e. The van der Waals surface area contributed by atoms with Gasteiger partial charge in [-0.3, -0.25) is 0 Å². The van der Waals surface area contributed by atoms with Crippen molar-refractivity contribution in [2.45, 2.75) is 45.9 Å². The first-order valence-electron chi connectivity index (χ1n) is 5.94. The maximum atomic E-state index is 9.69. The summed E-state index contributed by atoms with van der Waals surface area (Å²) in [6, 6.07) is 0.169. The molecule has 0 bridgehead atoms. The zero-order valence-corrected chi connectivity index (χ0v) is 11.8. The molecule has 0 aromatic carbocycles. The van der Waals surface area contributed by atoms with Crippen LogP contribution >= 0.6 is 11.3 Å². The Morgan fingerprint density at radius 2 is 2.18 bits per heavy atom. The van der Waals surface area contributed by atoms with E-state index in [1.54, 1.807) is 11.3 Å². The van der Waals surface area contributed by atoms with E-state index < -0.39 is 6.10 Å². The second-order valence-electron chi connectivity index (χ2n) is 4.49. The van der Waals surface area contributed by atoms with Crippen molar-refractivity contribution in [1.82, 2.24) is 10.3 Å². The van der Waals surface area contributed by atoms with Crippen LogP contribution in [0.25, 0.3) is 0 Å². The number of aliphatic hydroxyl groups excluding tert-OH is 1. The lowest BCUT2D eigenvalue weighted by Crippen LogP contribution is -2.32. The first kappa shape index (κ1) is 14.6. The number of thiazole rings is 1. The third-order valence-electron chi connectivity index (χ3n) is 2.29. The van der Waals surface area contributed by atoms with Gasteiger partial charge in [0, 0.05) is 17.6 Å². The van der Waals surface area contributed by atoms with Crippen molar-refractivity contribution < 1.29 is 9.84 Å². The quantitative estimate of drug-likeness (QED) is 0.784. The largest absolute Gasteiger partial charge is 0.389 e. The van der Waals surface area contributed by atoms with E-state index in [0.29, 0.717) is 13.2 Å². The highest BCUT2D eigenvalue weighted by Crippen LogP contribution is 2.17. The van der Waals surface area contributed by atoms with E-state index in [2.05, 4.69) is 10.3 Å². The summed E-state index contributed by atoms with van der Waals surface area (Å²) in [7, 11) is 0. The molecule has 17 heavy (non-hydrogen) atoms. The van der Waals surface area contributed by atoms with Crippen LogP contribution in [0.3, 0.4) is 0 Å². The molecule has 4 nitrogen and oxygen atoms in total. The Kier molecular flexibility index (Phi) is 6.05. The van der Waals surface area contributed by atoms with Gasteiger partial charge in [-0.1, -0.05) is 0 Å². The molecule has 5 heteroatoms. The smallest absolute Gasteiger partial charge is 0.110 e. The van der Waals surface area contributed by atoms with Crippen LogP contribution in [0.2, 0.25) is 0 Å². The van der Waals surface area contributed by atoms with Gasteiger partial charge in [-0.15, -0.1) is 11.3 Å². The number of hydrogen-bond acceptors (Lipinski definition) is 5. The van der Waals surface area contributed by atoms with E-state index in [9.17, 15) is 5.11 Å². The predicted octanol–water partition coefficient (Wildman–Crippen LogP) is 1.89. The minimum atomic E-state index is -0.471. The number of ether oxygens (including phenoxy) is 1. The molecule has 2 atom stereocenters. The van der Waals surface area contributed by atoms with E-state index in [4.69, 9.17) is 4.74 Å². The van der Waals surface area contributed by atoms with Crippen LogP contribution in [-0.4, -0.2) is 35.5 Å². The zero-order valence-electron chi connectivity index (χ0n) is 10.9. The molecule has 1 heterocycles. The van der Waals surface area contributed by atoms with Gasteiger partial charge < -0.3 is 15.2 Å². The Balaban J connectivity index is 2.25. The molecule has 98 valence electrons. The van der Waals surface area contributed by atoms with Gasteiger partial charge in [0.2, 0.25) is 0 Å². The Bertz CT molecular complexity index is 328. The van der Waals surface area contributed by atoms with Gasteiger partial charge in [-0.2, -0.15) is 0 Å². The highest BCUT2D eigenvalue weighted by Gasteiger charge is 2.11. The van der Waals surface area contributed by atoms with Gasteiger partial charge >= 0.3 is 0 Å². The van der Waals surface area contributed by atoms with Crippen molar-refractivity contribution in [3.63, 3.8) is 0 Å². The number of nitrogens with zero attached hydrogens (tertiary/aromatic N) is 1. The summed E-state index contributed by atoms with van der Waals surface area (Å²) in [5, 5.41) is 16.0. The second kappa shape index (κ2) is 7.06. The summed E-state index contributed by atoms with van der Waals surface area (Å²) < 4.78 is 5.34. The summed E-state index contributed by atoms with van der Waals surface area (Å²) >= 11 is 1.64. The van der Waals surface area contributed by atoms with Gasteiger partial charge in [-0.05, 0) is 27.7 Å². The molecule has 0 saturated carbocycles. The number of aromatic nitrogens is 1. The summed E-state index contributed by atoms with van der Waals surface area (Å²) in [5.74, 6) is 0. The van der Waals surface area contributed by atoms with E-state index in [1.807, 2.05) is 33.1 Å². The number of aliphatic hydroxyl groups is 1. The maximum absolute atomic E-state index is 9.69. The average molecular weight is 258 g/mol. The van der Waals surface area contributed by atoms with Crippen LogP contribution in [0.15, 0.2) is 5.38 Å². The van der Waals surface area contributed by atoms with Gasteiger partial charge in [0.05, 0.1) is 24.9 Å². The Morgan fingerprint density at radius 1 is 1.47 bits per heavy atom. The highest BCUT2D eigenvalue weighted by atomic mass is 32.1. The summed E-state index contributed by atoms with van der Waals surface area (Å²) in [6.07, 6.45) is -0.315. The van der Waals surface area contributed by atoms with Crippen LogP contribution in [0.5, 0.6) is 0 Å². The van der Waals surface area contributed by atoms with Crippen LogP contribution in [0.4, 0.5) is 0 Å². The normalized spacial score (nSPS) is 15.2. The van der Waals surface area contributed by atoms with Crippen LogP contribution < -0.4 is 5.32 Å². The topological polar surface area (TPSA) is 54.4 Å². The van der Waals surface area contributed by atoms with Crippen molar-refractivity contribution in [3.05, 3.63) is 16.1 Å². The molecule has 0 aliphatic carbocycles. The lowest BCUT2D eigenvalue weighted by atomic mass is 10.3. The summed E-state index contributed by atoms with van der Waals surface area (Å²) in [5.41, 5.74) is 1.04. The Hall–Kier alpha value is -0.490. The third-order valence-corrected chi connectivity index (χ3v) is 3.43. The number of rotatable bonds is 7. The van der Waals surface area contributed by atoms with Gasteiger partial charge in [0.1, 0.15) is 5.01 Å². The number of nitrogens with one attached hydrogen (secondary N) is 1. The van der Waals surface area contributed by atoms with Crippen LogP contribution in [0, 0.1) is 6.92 Å². The molecule has 0 aliphatic heterocycles. The fraction of sp³-hybridized carbons (Fsp3) is 0.750. The predicted molar refractivity (Wildman–Crippen MR) is 70.4 cm³/mol. The summed E-state index contributed by atoms with van der Waals surface area (Å²) in [6.45, 7) is 8.84.